The van der Waals surface area contributed by atoms with E-state index in [1.54, 1.807) is 12.1 Å². The fourth-order valence-electron chi connectivity index (χ4n) is 5.65. The van der Waals surface area contributed by atoms with Gasteiger partial charge in [-0.25, -0.2) is 0 Å². The Morgan fingerprint density at radius 3 is 2.00 bits per heavy atom. The molecule has 0 aromatic heterocycles. The first-order chi connectivity index (χ1) is 17.5. The third-order valence-corrected chi connectivity index (χ3v) is 7.52. The zero-order valence-electron chi connectivity index (χ0n) is 20.5. The van der Waals surface area contributed by atoms with Crippen molar-refractivity contribution in [1.29, 1.82) is 0 Å². The number of para-hydroxylation sites is 1. The maximum Gasteiger partial charge on any atom is 0.195 e. The second kappa shape index (κ2) is 8.66. The van der Waals surface area contributed by atoms with Crippen LogP contribution in [0.4, 0.5) is 5.69 Å². The van der Waals surface area contributed by atoms with Crippen LogP contribution in [0.1, 0.15) is 38.2 Å². The van der Waals surface area contributed by atoms with Gasteiger partial charge >= 0.3 is 0 Å². The molecule has 0 amide bonds. The zero-order chi connectivity index (χ0) is 24.8. The first-order valence-corrected chi connectivity index (χ1v) is 12.3. The summed E-state index contributed by atoms with van der Waals surface area (Å²) >= 11 is 0. The quantitative estimate of drug-likeness (QED) is 0.212. The molecule has 0 spiro atoms. The predicted octanol–water partition coefficient (Wildman–Crippen LogP) is 8.02. The van der Waals surface area contributed by atoms with Crippen molar-refractivity contribution in [3.63, 3.8) is 0 Å². The van der Waals surface area contributed by atoms with Crippen LogP contribution in [0, 0.1) is 13.8 Å². The van der Waals surface area contributed by atoms with Crippen LogP contribution in [-0.4, -0.2) is 5.78 Å². The van der Waals surface area contributed by atoms with Gasteiger partial charge in [-0.2, -0.15) is 0 Å². The van der Waals surface area contributed by atoms with Gasteiger partial charge < -0.3 is 5.73 Å². The fourth-order valence-corrected chi connectivity index (χ4v) is 5.65. The summed E-state index contributed by atoms with van der Waals surface area (Å²) < 4.78 is 0. The summed E-state index contributed by atoms with van der Waals surface area (Å²) in [5.41, 5.74) is 20.7. The number of carbonyl (C=O) groups excluding carboxylic acids is 1. The van der Waals surface area contributed by atoms with Crippen LogP contribution in [0.5, 0.6) is 0 Å². The molecule has 5 aromatic rings. The van der Waals surface area contributed by atoms with Gasteiger partial charge in [0.15, 0.2) is 5.78 Å². The van der Waals surface area contributed by atoms with Gasteiger partial charge in [-0.1, -0.05) is 91.0 Å². The molecule has 0 aliphatic heterocycles. The number of ketones is 1. The van der Waals surface area contributed by atoms with Gasteiger partial charge in [0, 0.05) is 16.8 Å². The molecule has 0 radical (unpaired) electrons. The van der Waals surface area contributed by atoms with Crippen molar-refractivity contribution in [3.05, 3.63) is 137 Å². The second-order valence-electron chi connectivity index (χ2n) is 9.55. The summed E-state index contributed by atoms with van der Waals surface area (Å²) in [6.07, 6.45) is 0.906. The molecule has 2 heteroatoms. The zero-order valence-corrected chi connectivity index (χ0v) is 20.5. The van der Waals surface area contributed by atoms with Crippen LogP contribution in [-0.2, 0) is 6.42 Å². The number of anilines is 1. The Morgan fingerprint density at radius 1 is 0.639 bits per heavy atom. The van der Waals surface area contributed by atoms with Gasteiger partial charge in [0.2, 0.25) is 0 Å². The molecule has 5 aromatic carbocycles. The fraction of sp³-hybridized carbons (Fsp3) is 0.0882. The molecule has 2 nitrogen and oxygen atoms in total. The average molecular weight is 466 g/mol. The van der Waals surface area contributed by atoms with Crippen molar-refractivity contribution in [3.8, 4) is 33.4 Å². The van der Waals surface area contributed by atoms with Crippen LogP contribution in [0.15, 0.2) is 103 Å². The van der Waals surface area contributed by atoms with Gasteiger partial charge in [0.1, 0.15) is 0 Å². The average Bonchev–Trinajstić information content (AvgIpc) is 3.30. The molecule has 174 valence electrons. The van der Waals surface area contributed by atoms with E-state index in [1.165, 1.54) is 50.1 Å². The van der Waals surface area contributed by atoms with Gasteiger partial charge in [0.05, 0.1) is 0 Å². The molecule has 0 heterocycles. The molecule has 0 saturated carbocycles. The largest absolute Gasteiger partial charge is 0.398 e. The van der Waals surface area contributed by atoms with E-state index in [0.717, 1.165) is 12.0 Å². The minimum absolute atomic E-state index is 0.0550. The highest BCUT2D eigenvalue weighted by Gasteiger charge is 2.28. The number of benzene rings is 5. The lowest BCUT2D eigenvalue weighted by Crippen LogP contribution is -2.05. The van der Waals surface area contributed by atoms with E-state index >= 15 is 0 Å². The van der Waals surface area contributed by atoms with Crippen LogP contribution in [0.2, 0.25) is 0 Å². The number of rotatable bonds is 4. The van der Waals surface area contributed by atoms with E-state index in [1.807, 2.05) is 24.3 Å². The first-order valence-electron chi connectivity index (χ1n) is 12.3. The Balaban J connectivity index is 1.56. The molecule has 1 aliphatic rings. The van der Waals surface area contributed by atoms with E-state index in [0.29, 0.717) is 16.8 Å². The number of carbonyl (C=O) groups is 1. The maximum atomic E-state index is 13.2. The molecule has 0 fully saturated rings. The van der Waals surface area contributed by atoms with Crippen LogP contribution in [0.3, 0.4) is 0 Å². The van der Waals surface area contributed by atoms with E-state index < -0.39 is 0 Å². The molecule has 36 heavy (non-hydrogen) atoms. The lowest BCUT2D eigenvalue weighted by molar-refractivity contribution is 0.103. The Morgan fingerprint density at radius 2 is 1.25 bits per heavy atom. The molecule has 0 atom stereocenters. The van der Waals surface area contributed by atoms with Crippen molar-refractivity contribution >= 4 is 11.5 Å². The normalized spacial score (nSPS) is 11.7. The van der Waals surface area contributed by atoms with Gasteiger partial charge in [0.25, 0.3) is 0 Å². The Bertz CT molecular complexity index is 1630. The summed E-state index contributed by atoms with van der Waals surface area (Å²) in [6.45, 7) is 4.48. The van der Waals surface area contributed by atoms with Crippen LogP contribution >= 0.6 is 0 Å². The van der Waals surface area contributed by atoms with Crippen LogP contribution in [0.25, 0.3) is 33.4 Å². The molecular weight excluding hydrogens is 438 g/mol. The molecule has 6 rings (SSSR count). The third kappa shape index (κ3) is 3.46. The minimum atomic E-state index is -0.0550. The summed E-state index contributed by atoms with van der Waals surface area (Å²) in [6, 6.07) is 34.7. The Kier molecular flexibility index (Phi) is 5.30. The Labute approximate surface area is 212 Å². The van der Waals surface area contributed by atoms with Crippen molar-refractivity contribution < 1.29 is 4.79 Å². The topological polar surface area (TPSA) is 43.1 Å². The number of nitrogen functional groups attached to an aromatic ring is 1. The highest BCUT2D eigenvalue weighted by atomic mass is 16.1. The minimum Gasteiger partial charge on any atom is -0.398 e. The van der Waals surface area contributed by atoms with E-state index in [9.17, 15) is 4.79 Å². The number of hydrogen-bond acceptors (Lipinski definition) is 2. The summed E-state index contributed by atoms with van der Waals surface area (Å²) in [4.78, 5) is 13.2. The molecule has 2 N–H and O–H groups in total. The van der Waals surface area contributed by atoms with Crippen molar-refractivity contribution in [2.24, 2.45) is 0 Å². The first kappa shape index (κ1) is 22.1. The van der Waals surface area contributed by atoms with Crippen LogP contribution < -0.4 is 5.73 Å². The highest BCUT2D eigenvalue weighted by Crippen LogP contribution is 2.49. The van der Waals surface area contributed by atoms with Gasteiger partial charge in [-0.15, -0.1) is 0 Å². The lowest BCUT2D eigenvalue weighted by atomic mass is 9.82. The van der Waals surface area contributed by atoms with E-state index in [2.05, 4.69) is 80.6 Å². The van der Waals surface area contributed by atoms with Crippen molar-refractivity contribution in [1.82, 2.24) is 0 Å². The summed E-state index contributed by atoms with van der Waals surface area (Å²) in [5.74, 6) is -0.0550. The molecule has 1 aliphatic carbocycles. The van der Waals surface area contributed by atoms with E-state index in [-0.39, 0.29) is 5.78 Å². The monoisotopic (exact) mass is 465 g/mol. The highest BCUT2D eigenvalue weighted by molar-refractivity contribution is 6.12. The van der Waals surface area contributed by atoms with Crippen molar-refractivity contribution in [2.45, 2.75) is 20.3 Å². The smallest absolute Gasteiger partial charge is 0.195 e. The Hall–Kier alpha value is -4.43. The maximum absolute atomic E-state index is 13.2. The van der Waals surface area contributed by atoms with Gasteiger partial charge in [-0.05, 0) is 88.0 Å². The van der Waals surface area contributed by atoms with Gasteiger partial charge in [-0.3, -0.25) is 4.79 Å². The number of hydrogen-bond donors (Lipinski definition) is 1. The summed E-state index contributed by atoms with van der Waals surface area (Å²) in [7, 11) is 0. The SMILES string of the molecule is Cc1c(C)c(-c2ccccc2)c(-c2ccc(C(=O)c3ccccc3N)cc2)c2c1-c1ccccc1C2. The van der Waals surface area contributed by atoms with Crippen molar-refractivity contribution in [2.75, 3.05) is 5.73 Å². The molecule has 0 saturated heterocycles. The molecule has 0 unspecified atom stereocenters. The standard InChI is InChI=1S/C34H27NO/c1-21-22(2)32-27-13-7-6-12-26(27)20-29(32)33(31(21)23-10-4-3-5-11-23)24-16-18-25(19-17-24)34(36)28-14-8-9-15-30(28)35/h3-19H,20,35H2,1-2H3. The number of fused-ring (bicyclic) bond motifs is 3. The van der Waals surface area contributed by atoms with E-state index in [4.69, 9.17) is 5.73 Å². The predicted molar refractivity (Wildman–Crippen MR) is 149 cm³/mol. The molecular formula is C34H27NO. The summed E-state index contributed by atoms with van der Waals surface area (Å²) in [5, 5.41) is 0. The lowest BCUT2D eigenvalue weighted by Gasteiger charge is -2.22. The third-order valence-electron chi connectivity index (χ3n) is 7.52. The number of nitrogens with two attached hydrogens (primary N) is 1. The second-order valence-corrected chi connectivity index (χ2v) is 9.55. The molecule has 0 bridgehead atoms.